The maximum Gasteiger partial charge on any atom is 0.264 e. The Morgan fingerprint density at radius 1 is 1.07 bits per heavy atom. The molecule has 0 radical (unpaired) electrons. The van der Waals surface area contributed by atoms with Gasteiger partial charge in [-0.1, -0.05) is 70.2 Å². The van der Waals surface area contributed by atoms with Gasteiger partial charge in [-0.3, -0.25) is 13.9 Å². The molecule has 8 nitrogen and oxygen atoms in total. The van der Waals surface area contributed by atoms with Gasteiger partial charge in [0.15, 0.2) is 0 Å². The molecule has 11 heteroatoms. The molecular formula is C31H35BrClN3O5S. The highest BCUT2D eigenvalue weighted by Gasteiger charge is 2.33. The summed E-state index contributed by atoms with van der Waals surface area (Å²) in [5, 5.41) is 3.27. The van der Waals surface area contributed by atoms with Crippen molar-refractivity contribution in [1.29, 1.82) is 0 Å². The first kappa shape index (κ1) is 31.8. The van der Waals surface area contributed by atoms with Gasteiger partial charge in [0, 0.05) is 17.1 Å². The Morgan fingerprint density at radius 2 is 1.76 bits per heavy atom. The summed E-state index contributed by atoms with van der Waals surface area (Å²) in [5.74, 6) is -0.440. The fraction of sp³-hybridized carbons (Fsp3) is 0.355. The number of hydrogen-bond acceptors (Lipinski definition) is 5. The normalized spacial score (nSPS) is 14.3. The third kappa shape index (κ3) is 7.65. The van der Waals surface area contributed by atoms with Crippen LogP contribution in [0, 0.1) is 6.92 Å². The molecule has 1 N–H and O–H groups in total. The number of methoxy groups -OCH3 is 1. The molecule has 0 heterocycles. The molecule has 224 valence electrons. The number of nitrogens with zero attached hydrogens (tertiary/aromatic N) is 2. The zero-order valence-electron chi connectivity index (χ0n) is 23.8. The number of benzene rings is 3. The second-order valence-electron chi connectivity index (χ2n) is 10.5. The number of aryl methyl sites for hydroxylation is 1. The van der Waals surface area contributed by atoms with Crippen LogP contribution in [0.5, 0.6) is 5.75 Å². The van der Waals surface area contributed by atoms with Crippen molar-refractivity contribution in [1.82, 2.24) is 10.2 Å². The van der Waals surface area contributed by atoms with Crippen LogP contribution in [0.3, 0.4) is 0 Å². The fourth-order valence-electron chi connectivity index (χ4n) is 4.98. The summed E-state index contributed by atoms with van der Waals surface area (Å²) in [4.78, 5) is 28.9. The lowest BCUT2D eigenvalue weighted by atomic mass is 10.1. The number of rotatable bonds is 11. The van der Waals surface area contributed by atoms with Crippen LogP contribution in [-0.4, -0.2) is 50.9 Å². The predicted octanol–water partition coefficient (Wildman–Crippen LogP) is 6.09. The summed E-state index contributed by atoms with van der Waals surface area (Å²) in [7, 11) is -2.74. The Bertz CT molecular complexity index is 1530. The predicted molar refractivity (Wildman–Crippen MR) is 168 cm³/mol. The summed E-state index contributed by atoms with van der Waals surface area (Å²) in [5.41, 5.74) is 1.88. The summed E-state index contributed by atoms with van der Waals surface area (Å²) in [6.07, 6.45) is 3.91. The van der Waals surface area contributed by atoms with Crippen LogP contribution in [0.15, 0.2) is 76.1 Å². The van der Waals surface area contributed by atoms with E-state index in [1.807, 2.05) is 31.2 Å². The van der Waals surface area contributed by atoms with Crippen LogP contribution in [0.2, 0.25) is 5.02 Å². The lowest BCUT2D eigenvalue weighted by Gasteiger charge is -2.32. The first-order valence-electron chi connectivity index (χ1n) is 13.8. The lowest BCUT2D eigenvalue weighted by molar-refractivity contribution is -0.139. The molecule has 1 fully saturated rings. The molecule has 3 aromatic rings. The molecule has 2 amide bonds. The fourth-order valence-corrected chi connectivity index (χ4v) is 7.09. The SMILES string of the molecule is COc1ccc(N(CC(=O)N(Cc2cccc(Br)c2)[C@@H](C)C(=O)NC2CCCC2)S(=O)(=O)c2ccc(C)cc2)cc1Cl. The molecule has 0 bridgehead atoms. The standard InChI is InChI=1S/C31H35BrClN3O5S/c1-21-11-14-27(15-12-21)42(39,40)36(26-13-16-29(41-3)28(33)18-26)20-30(37)35(19-23-7-6-8-24(32)17-23)22(2)31(38)34-25-9-4-5-10-25/h6-8,11-18,22,25H,4-5,9-10,19-20H2,1-3H3,(H,34,38)/t22-/m0/s1. The highest BCUT2D eigenvalue weighted by molar-refractivity contribution is 9.10. The molecule has 0 unspecified atom stereocenters. The first-order chi connectivity index (χ1) is 20.0. The van der Waals surface area contributed by atoms with E-state index in [9.17, 15) is 18.0 Å². The number of carbonyl (C=O) groups is 2. The van der Waals surface area contributed by atoms with Crippen LogP contribution in [0.4, 0.5) is 5.69 Å². The molecule has 1 aliphatic rings. The largest absolute Gasteiger partial charge is 0.495 e. The van der Waals surface area contributed by atoms with Gasteiger partial charge in [-0.15, -0.1) is 0 Å². The van der Waals surface area contributed by atoms with E-state index >= 15 is 0 Å². The molecule has 42 heavy (non-hydrogen) atoms. The minimum atomic E-state index is -4.20. The van der Waals surface area contributed by atoms with Crippen molar-refractivity contribution in [3.8, 4) is 5.75 Å². The van der Waals surface area contributed by atoms with Gasteiger partial charge < -0.3 is 15.0 Å². The number of nitrogens with one attached hydrogen (secondary N) is 1. The third-order valence-electron chi connectivity index (χ3n) is 7.42. The van der Waals surface area contributed by atoms with E-state index in [2.05, 4.69) is 21.2 Å². The molecular weight excluding hydrogens is 642 g/mol. The lowest BCUT2D eigenvalue weighted by Crippen LogP contribution is -2.52. The van der Waals surface area contributed by atoms with Gasteiger partial charge in [-0.25, -0.2) is 8.42 Å². The van der Waals surface area contributed by atoms with Crippen LogP contribution in [0.25, 0.3) is 0 Å². The zero-order chi connectivity index (χ0) is 30.4. The number of carbonyl (C=O) groups excluding carboxylic acids is 2. The Balaban J connectivity index is 1.71. The third-order valence-corrected chi connectivity index (χ3v) is 10.00. The highest BCUT2D eigenvalue weighted by atomic mass is 79.9. The average molecular weight is 677 g/mol. The maximum absolute atomic E-state index is 14.1. The van der Waals surface area contributed by atoms with Gasteiger partial charge in [0.05, 0.1) is 22.7 Å². The van der Waals surface area contributed by atoms with Crippen molar-refractivity contribution < 1.29 is 22.7 Å². The number of hydrogen-bond donors (Lipinski definition) is 1. The van der Waals surface area contributed by atoms with Crippen molar-refractivity contribution >= 4 is 55.1 Å². The Morgan fingerprint density at radius 3 is 2.38 bits per heavy atom. The summed E-state index contributed by atoms with van der Waals surface area (Å²) in [6, 6.07) is 17.6. The van der Waals surface area contributed by atoms with Crippen LogP contribution < -0.4 is 14.4 Å². The highest BCUT2D eigenvalue weighted by Crippen LogP contribution is 2.32. The quantitative estimate of drug-likeness (QED) is 0.265. The summed E-state index contributed by atoms with van der Waals surface area (Å²) >= 11 is 9.85. The van der Waals surface area contributed by atoms with Crippen LogP contribution >= 0.6 is 27.5 Å². The molecule has 0 spiro atoms. The monoisotopic (exact) mass is 675 g/mol. The first-order valence-corrected chi connectivity index (χ1v) is 16.4. The van der Waals surface area contributed by atoms with Crippen molar-refractivity contribution in [2.24, 2.45) is 0 Å². The van der Waals surface area contributed by atoms with Gasteiger partial charge in [0.2, 0.25) is 11.8 Å². The summed E-state index contributed by atoms with van der Waals surface area (Å²) < 4.78 is 35.1. The number of sulfonamides is 1. The Labute approximate surface area is 261 Å². The Hall–Kier alpha value is -3.08. The molecule has 1 aliphatic carbocycles. The molecule has 1 atom stereocenters. The molecule has 0 aromatic heterocycles. The number of amides is 2. The number of ether oxygens (including phenoxy) is 1. The van der Waals surface area contributed by atoms with Gasteiger partial charge in [-0.2, -0.15) is 0 Å². The van der Waals surface area contributed by atoms with Crippen LogP contribution in [0.1, 0.15) is 43.7 Å². The maximum atomic E-state index is 14.1. The number of anilines is 1. The smallest absolute Gasteiger partial charge is 0.264 e. The van der Waals surface area contributed by atoms with Crippen LogP contribution in [-0.2, 0) is 26.2 Å². The molecule has 0 aliphatic heterocycles. The Kier molecular flexibility index (Phi) is 10.6. The molecule has 1 saturated carbocycles. The second kappa shape index (κ2) is 13.9. The van der Waals surface area contributed by atoms with Crippen molar-refractivity contribution in [3.63, 3.8) is 0 Å². The van der Waals surface area contributed by atoms with Crippen molar-refractivity contribution in [2.75, 3.05) is 18.0 Å². The zero-order valence-corrected chi connectivity index (χ0v) is 27.0. The molecule has 4 rings (SSSR count). The van der Waals surface area contributed by atoms with Gasteiger partial charge in [0.25, 0.3) is 10.0 Å². The average Bonchev–Trinajstić information content (AvgIpc) is 3.47. The minimum Gasteiger partial charge on any atom is -0.495 e. The van der Waals surface area contributed by atoms with E-state index in [-0.39, 0.29) is 34.1 Å². The molecule has 3 aromatic carbocycles. The van der Waals surface area contributed by atoms with E-state index in [0.717, 1.165) is 45.6 Å². The van der Waals surface area contributed by atoms with E-state index in [1.165, 1.54) is 30.2 Å². The van der Waals surface area contributed by atoms with E-state index in [1.54, 1.807) is 31.2 Å². The van der Waals surface area contributed by atoms with E-state index < -0.39 is 28.5 Å². The topological polar surface area (TPSA) is 96.0 Å². The van der Waals surface area contributed by atoms with Gasteiger partial charge in [-0.05, 0) is 74.7 Å². The van der Waals surface area contributed by atoms with Crippen molar-refractivity contribution in [2.45, 2.75) is 63.1 Å². The van der Waals surface area contributed by atoms with E-state index in [4.69, 9.17) is 16.3 Å². The van der Waals surface area contributed by atoms with Crippen molar-refractivity contribution in [3.05, 3.63) is 87.4 Å². The van der Waals surface area contributed by atoms with Gasteiger partial charge >= 0.3 is 0 Å². The molecule has 0 saturated heterocycles. The minimum absolute atomic E-state index is 0.0263. The van der Waals surface area contributed by atoms with Gasteiger partial charge in [0.1, 0.15) is 18.3 Å². The number of halogens is 2. The second-order valence-corrected chi connectivity index (χ2v) is 13.6. The van der Waals surface area contributed by atoms with E-state index in [0.29, 0.717) is 5.75 Å². The summed E-state index contributed by atoms with van der Waals surface area (Å²) in [6.45, 7) is 3.09.